The monoisotopic (exact) mass is 212 g/mol. The highest BCUT2D eigenvalue weighted by atomic mass is 16.5. The van der Waals surface area contributed by atoms with Crippen molar-refractivity contribution >= 4 is 0 Å². The van der Waals surface area contributed by atoms with Gasteiger partial charge in [0.15, 0.2) is 0 Å². The molecule has 88 valence electrons. The number of likely N-dealkylation sites (tertiary alicyclic amines) is 1. The second kappa shape index (κ2) is 5.83. The topological polar surface area (TPSA) is 24.5 Å². The van der Waals surface area contributed by atoms with E-state index in [1.54, 1.807) is 0 Å². The van der Waals surface area contributed by atoms with Gasteiger partial charge < -0.3 is 10.1 Å². The van der Waals surface area contributed by atoms with Crippen LogP contribution in [0, 0.1) is 5.92 Å². The van der Waals surface area contributed by atoms with E-state index in [4.69, 9.17) is 4.74 Å². The lowest BCUT2D eigenvalue weighted by molar-refractivity contribution is 0.0116. The molecule has 0 aromatic carbocycles. The van der Waals surface area contributed by atoms with Gasteiger partial charge in [-0.3, -0.25) is 4.90 Å². The van der Waals surface area contributed by atoms with E-state index in [0.29, 0.717) is 0 Å². The molecule has 15 heavy (non-hydrogen) atoms. The van der Waals surface area contributed by atoms with E-state index in [1.165, 1.54) is 45.3 Å². The van der Waals surface area contributed by atoms with Gasteiger partial charge in [-0.2, -0.15) is 0 Å². The Morgan fingerprint density at radius 2 is 2.27 bits per heavy atom. The maximum atomic E-state index is 5.54. The van der Waals surface area contributed by atoms with Gasteiger partial charge in [0.25, 0.3) is 0 Å². The van der Waals surface area contributed by atoms with Gasteiger partial charge >= 0.3 is 0 Å². The van der Waals surface area contributed by atoms with Crippen LogP contribution in [0.25, 0.3) is 0 Å². The van der Waals surface area contributed by atoms with Gasteiger partial charge in [-0.25, -0.2) is 0 Å². The molecule has 0 amide bonds. The molecule has 0 spiro atoms. The molecule has 3 heteroatoms. The highest BCUT2D eigenvalue weighted by Crippen LogP contribution is 2.27. The van der Waals surface area contributed by atoms with Crippen LogP contribution in [0.15, 0.2) is 0 Å². The number of hydrogen-bond donors (Lipinski definition) is 1. The maximum Gasteiger partial charge on any atom is 0.0992 e. The fraction of sp³-hybridized carbons (Fsp3) is 1.00. The van der Waals surface area contributed by atoms with Crippen molar-refractivity contribution in [2.75, 3.05) is 33.0 Å². The van der Waals surface area contributed by atoms with E-state index in [0.717, 1.165) is 25.3 Å². The average Bonchev–Trinajstić information content (AvgIpc) is 2.75. The number of nitrogens with one attached hydrogen (secondary N) is 1. The largest absolute Gasteiger partial charge is 0.366 e. The Morgan fingerprint density at radius 1 is 1.33 bits per heavy atom. The maximum absolute atomic E-state index is 5.54. The van der Waals surface area contributed by atoms with Crippen LogP contribution >= 0.6 is 0 Å². The van der Waals surface area contributed by atoms with Crippen molar-refractivity contribution in [1.29, 1.82) is 0 Å². The summed E-state index contributed by atoms with van der Waals surface area (Å²) in [4.78, 5) is 2.54. The first-order chi connectivity index (χ1) is 7.42. The predicted molar refractivity (Wildman–Crippen MR) is 61.8 cm³/mol. The van der Waals surface area contributed by atoms with Crippen molar-refractivity contribution in [2.24, 2.45) is 5.92 Å². The quantitative estimate of drug-likeness (QED) is 0.763. The van der Waals surface area contributed by atoms with Crippen LogP contribution < -0.4 is 5.32 Å². The smallest absolute Gasteiger partial charge is 0.0992 e. The summed E-state index contributed by atoms with van der Waals surface area (Å²) in [7, 11) is 0. The SMILES string of the molecule is CCOCN1CCCC1C1CCCNC1. The van der Waals surface area contributed by atoms with Crippen LogP contribution in [0.4, 0.5) is 0 Å². The molecule has 2 unspecified atom stereocenters. The van der Waals surface area contributed by atoms with E-state index in [-0.39, 0.29) is 0 Å². The van der Waals surface area contributed by atoms with Crippen molar-refractivity contribution in [3.63, 3.8) is 0 Å². The fourth-order valence-electron chi connectivity index (χ4n) is 2.96. The Balaban J connectivity index is 1.82. The summed E-state index contributed by atoms with van der Waals surface area (Å²) < 4.78 is 5.54. The first-order valence-electron chi connectivity index (χ1n) is 6.44. The van der Waals surface area contributed by atoms with Crippen LogP contribution in [-0.2, 0) is 4.74 Å². The molecule has 2 saturated heterocycles. The Hall–Kier alpha value is -0.120. The zero-order valence-electron chi connectivity index (χ0n) is 9.87. The van der Waals surface area contributed by atoms with Gasteiger partial charge in [0.1, 0.15) is 0 Å². The van der Waals surface area contributed by atoms with E-state index < -0.39 is 0 Å². The Morgan fingerprint density at radius 3 is 3.00 bits per heavy atom. The zero-order chi connectivity index (χ0) is 10.5. The van der Waals surface area contributed by atoms with Crippen LogP contribution in [-0.4, -0.2) is 43.9 Å². The van der Waals surface area contributed by atoms with Crippen molar-refractivity contribution in [3.8, 4) is 0 Å². The molecular weight excluding hydrogens is 188 g/mol. The van der Waals surface area contributed by atoms with Crippen molar-refractivity contribution < 1.29 is 4.74 Å². The Bertz CT molecular complexity index is 180. The molecule has 0 aliphatic carbocycles. The second-order valence-electron chi connectivity index (χ2n) is 4.75. The Kier molecular flexibility index (Phi) is 4.42. The van der Waals surface area contributed by atoms with Gasteiger partial charge in [-0.05, 0) is 51.6 Å². The third kappa shape index (κ3) is 2.92. The predicted octanol–water partition coefficient (Wildman–Crippen LogP) is 1.44. The number of rotatable bonds is 4. The highest BCUT2D eigenvalue weighted by molar-refractivity contribution is 4.86. The van der Waals surface area contributed by atoms with E-state index in [2.05, 4.69) is 17.1 Å². The van der Waals surface area contributed by atoms with Gasteiger partial charge in [0.05, 0.1) is 6.73 Å². The highest BCUT2D eigenvalue weighted by Gasteiger charge is 2.32. The molecule has 2 fully saturated rings. The minimum Gasteiger partial charge on any atom is -0.366 e. The van der Waals surface area contributed by atoms with Crippen molar-refractivity contribution in [2.45, 2.75) is 38.6 Å². The summed E-state index contributed by atoms with van der Waals surface area (Å²) in [5.74, 6) is 0.863. The van der Waals surface area contributed by atoms with Crippen LogP contribution in [0.2, 0.25) is 0 Å². The third-order valence-corrected chi connectivity index (χ3v) is 3.75. The van der Waals surface area contributed by atoms with E-state index in [1.807, 2.05) is 0 Å². The first-order valence-corrected chi connectivity index (χ1v) is 6.44. The lowest BCUT2D eigenvalue weighted by Gasteiger charge is -2.34. The lowest BCUT2D eigenvalue weighted by atomic mass is 9.90. The molecule has 2 aliphatic heterocycles. The number of ether oxygens (including phenoxy) is 1. The van der Waals surface area contributed by atoms with Gasteiger partial charge in [0, 0.05) is 19.2 Å². The third-order valence-electron chi connectivity index (χ3n) is 3.75. The van der Waals surface area contributed by atoms with E-state index >= 15 is 0 Å². The van der Waals surface area contributed by atoms with Crippen molar-refractivity contribution in [1.82, 2.24) is 10.2 Å². The summed E-state index contributed by atoms with van der Waals surface area (Å²) >= 11 is 0. The molecular formula is C12H24N2O. The average molecular weight is 212 g/mol. The minimum atomic E-state index is 0.782. The number of nitrogens with zero attached hydrogens (tertiary/aromatic N) is 1. The molecule has 2 rings (SSSR count). The fourth-order valence-corrected chi connectivity index (χ4v) is 2.96. The summed E-state index contributed by atoms with van der Waals surface area (Å²) in [6.07, 6.45) is 5.48. The second-order valence-corrected chi connectivity index (χ2v) is 4.75. The molecule has 2 heterocycles. The molecule has 2 atom stereocenters. The zero-order valence-corrected chi connectivity index (χ0v) is 9.87. The summed E-state index contributed by atoms with van der Waals surface area (Å²) in [5.41, 5.74) is 0. The molecule has 0 radical (unpaired) electrons. The normalized spacial score (nSPS) is 33.4. The van der Waals surface area contributed by atoms with Gasteiger partial charge in [0.2, 0.25) is 0 Å². The number of piperidine rings is 1. The molecule has 1 N–H and O–H groups in total. The summed E-state index contributed by atoms with van der Waals surface area (Å²) in [6, 6.07) is 0.782. The van der Waals surface area contributed by atoms with Crippen molar-refractivity contribution in [3.05, 3.63) is 0 Å². The lowest BCUT2D eigenvalue weighted by Crippen LogP contribution is -2.43. The summed E-state index contributed by atoms with van der Waals surface area (Å²) in [6.45, 7) is 7.43. The van der Waals surface area contributed by atoms with Crippen LogP contribution in [0.3, 0.4) is 0 Å². The molecule has 2 aliphatic rings. The summed E-state index contributed by atoms with van der Waals surface area (Å²) in [5, 5.41) is 3.52. The van der Waals surface area contributed by atoms with Crippen LogP contribution in [0.1, 0.15) is 32.6 Å². The van der Waals surface area contributed by atoms with E-state index in [9.17, 15) is 0 Å². The first kappa shape index (κ1) is 11.4. The molecule has 0 aromatic rings. The standard InChI is InChI=1S/C12H24N2O/c1-2-15-10-14-8-4-6-12(14)11-5-3-7-13-9-11/h11-13H,2-10H2,1H3. The molecule has 0 saturated carbocycles. The number of hydrogen-bond acceptors (Lipinski definition) is 3. The molecule has 3 nitrogen and oxygen atoms in total. The molecule has 0 aromatic heterocycles. The Labute approximate surface area is 93.2 Å². The van der Waals surface area contributed by atoms with Gasteiger partial charge in [-0.1, -0.05) is 0 Å². The van der Waals surface area contributed by atoms with Crippen LogP contribution in [0.5, 0.6) is 0 Å². The minimum absolute atomic E-state index is 0.782. The van der Waals surface area contributed by atoms with Gasteiger partial charge in [-0.15, -0.1) is 0 Å². The molecule has 0 bridgehead atoms.